The number of aryl methyl sites for hydroxylation is 2. The number of carbonyl (C=O) groups is 2. The van der Waals surface area contributed by atoms with Crippen LogP contribution in [0.15, 0.2) is 35.0 Å². The van der Waals surface area contributed by atoms with Crippen molar-refractivity contribution in [3.63, 3.8) is 0 Å². The van der Waals surface area contributed by atoms with Crippen LogP contribution in [-0.4, -0.2) is 47.9 Å². The maximum Gasteiger partial charge on any atom is 0.321 e. The molecule has 126 valence electrons. The third-order valence-electron chi connectivity index (χ3n) is 4.21. The summed E-state index contributed by atoms with van der Waals surface area (Å²) < 4.78 is 0. The van der Waals surface area contributed by atoms with Crippen molar-refractivity contribution >= 4 is 29.0 Å². The zero-order chi connectivity index (χ0) is 17.1. The predicted octanol–water partition coefficient (Wildman–Crippen LogP) is 3.35. The SMILES string of the molecule is Cc1cccc(NC(=O)N2CCN(C(=O)c3cscc3C)CC2)c1. The summed E-state index contributed by atoms with van der Waals surface area (Å²) in [4.78, 5) is 28.4. The molecular formula is C18H21N3O2S. The molecule has 1 N–H and O–H groups in total. The first-order valence-corrected chi connectivity index (χ1v) is 8.93. The Morgan fingerprint density at radius 3 is 2.38 bits per heavy atom. The number of anilines is 1. The van der Waals surface area contributed by atoms with E-state index in [-0.39, 0.29) is 11.9 Å². The molecule has 5 nitrogen and oxygen atoms in total. The Morgan fingerprint density at radius 1 is 1.04 bits per heavy atom. The quantitative estimate of drug-likeness (QED) is 0.909. The van der Waals surface area contributed by atoms with Crippen molar-refractivity contribution < 1.29 is 9.59 Å². The lowest BCUT2D eigenvalue weighted by Crippen LogP contribution is -2.51. The molecule has 3 rings (SSSR count). The minimum absolute atomic E-state index is 0.0625. The van der Waals surface area contributed by atoms with E-state index in [1.807, 2.05) is 53.8 Å². The number of amides is 3. The van der Waals surface area contributed by atoms with Gasteiger partial charge in [-0.05, 0) is 42.5 Å². The molecule has 0 bridgehead atoms. The molecule has 0 unspecified atom stereocenters. The van der Waals surface area contributed by atoms with Crippen LogP contribution in [0.2, 0.25) is 0 Å². The van der Waals surface area contributed by atoms with Crippen molar-refractivity contribution in [2.45, 2.75) is 13.8 Å². The van der Waals surface area contributed by atoms with Gasteiger partial charge in [-0.25, -0.2) is 4.79 Å². The largest absolute Gasteiger partial charge is 0.335 e. The molecule has 1 aliphatic heterocycles. The minimum atomic E-state index is -0.112. The average molecular weight is 343 g/mol. The normalized spacial score (nSPS) is 14.6. The third kappa shape index (κ3) is 3.59. The van der Waals surface area contributed by atoms with Crippen molar-refractivity contribution in [3.05, 3.63) is 51.7 Å². The summed E-state index contributed by atoms with van der Waals surface area (Å²) in [5, 5.41) is 6.80. The smallest absolute Gasteiger partial charge is 0.321 e. The summed E-state index contributed by atoms with van der Waals surface area (Å²) in [5.74, 6) is 0.0625. The maximum atomic E-state index is 12.5. The van der Waals surface area contributed by atoms with Crippen LogP contribution < -0.4 is 5.32 Å². The lowest BCUT2D eigenvalue weighted by atomic mass is 10.2. The first kappa shape index (κ1) is 16.5. The average Bonchev–Trinajstić information content (AvgIpc) is 3.00. The molecule has 6 heteroatoms. The van der Waals surface area contributed by atoms with Crippen molar-refractivity contribution in [1.82, 2.24) is 9.80 Å². The van der Waals surface area contributed by atoms with Gasteiger partial charge in [-0.3, -0.25) is 4.79 Å². The van der Waals surface area contributed by atoms with E-state index in [1.165, 1.54) is 0 Å². The molecule has 1 aromatic heterocycles. The van der Waals surface area contributed by atoms with Crippen LogP contribution in [0.25, 0.3) is 0 Å². The van der Waals surface area contributed by atoms with Gasteiger partial charge in [-0.2, -0.15) is 11.3 Å². The molecule has 2 heterocycles. The molecule has 24 heavy (non-hydrogen) atoms. The number of hydrogen-bond acceptors (Lipinski definition) is 3. The molecule has 0 spiro atoms. The lowest BCUT2D eigenvalue weighted by molar-refractivity contribution is 0.0671. The van der Waals surface area contributed by atoms with Crippen LogP contribution in [-0.2, 0) is 0 Å². The summed E-state index contributed by atoms with van der Waals surface area (Å²) in [6.45, 7) is 6.17. The van der Waals surface area contributed by atoms with Gasteiger partial charge in [0.15, 0.2) is 0 Å². The summed E-state index contributed by atoms with van der Waals surface area (Å²) in [6.07, 6.45) is 0. The van der Waals surface area contributed by atoms with E-state index >= 15 is 0 Å². The summed E-state index contributed by atoms with van der Waals surface area (Å²) >= 11 is 1.54. The molecule has 1 aliphatic rings. The summed E-state index contributed by atoms with van der Waals surface area (Å²) in [5.41, 5.74) is 3.70. The van der Waals surface area contributed by atoms with Crippen LogP contribution in [0.4, 0.5) is 10.5 Å². The zero-order valence-electron chi connectivity index (χ0n) is 13.9. The van der Waals surface area contributed by atoms with Crippen molar-refractivity contribution in [2.75, 3.05) is 31.5 Å². The van der Waals surface area contributed by atoms with Crippen LogP contribution in [0.3, 0.4) is 0 Å². The molecule has 0 radical (unpaired) electrons. The molecule has 1 aromatic carbocycles. The highest BCUT2D eigenvalue weighted by Gasteiger charge is 2.25. The minimum Gasteiger partial charge on any atom is -0.335 e. The number of rotatable bonds is 2. The maximum absolute atomic E-state index is 12.5. The molecule has 0 aliphatic carbocycles. The number of piperazine rings is 1. The molecule has 2 aromatic rings. The number of urea groups is 1. The Kier molecular flexibility index (Phi) is 4.85. The highest BCUT2D eigenvalue weighted by atomic mass is 32.1. The highest BCUT2D eigenvalue weighted by molar-refractivity contribution is 7.08. The van der Waals surface area contributed by atoms with E-state index in [9.17, 15) is 9.59 Å². The van der Waals surface area contributed by atoms with Gasteiger partial charge in [-0.15, -0.1) is 0 Å². The fourth-order valence-electron chi connectivity index (χ4n) is 2.79. The molecule has 3 amide bonds. The molecule has 1 saturated heterocycles. The number of hydrogen-bond donors (Lipinski definition) is 1. The van der Waals surface area contributed by atoms with Crippen LogP contribution in [0.1, 0.15) is 21.5 Å². The monoisotopic (exact) mass is 343 g/mol. The van der Waals surface area contributed by atoms with E-state index in [0.29, 0.717) is 26.2 Å². The Morgan fingerprint density at radius 2 is 1.75 bits per heavy atom. The van der Waals surface area contributed by atoms with Crippen LogP contribution in [0, 0.1) is 13.8 Å². The van der Waals surface area contributed by atoms with Crippen molar-refractivity contribution in [3.8, 4) is 0 Å². The number of carbonyl (C=O) groups excluding carboxylic acids is 2. The summed E-state index contributed by atoms with van der Waals surface area (Å²) in [7, 11) is 0. The van der Waals surface area contributed by atoms with Crippen LogP contribution in [0.5, 0.6) is 0 Å². The summed E-state index contributed by atoms with van der Waals surface area (Å²) in [6, 6.07) is 7.62. The van der Waals surface area contributed by atoms with E-state index in [1.54, 1.807) is 16.2 Å². The van der Waals surface area contributed by atoms with E-state index in [0.717, 1.165) is 22.4 Å². The predicted molar refractivity (Wildman–Crippen MR) is 96.7 cm³/mol. The standard InChI is InChI=1S/C18H21N3O2S/c1-13-4-3-5-15(10-13)19-18(23)21-8-6-20(7-9-21)17(22)16-12-24-11-14(16)2/h3-5,10-12H,6-9H2,1-2H3,(H,19,23). The Labute approximate surface area is 145 Å². The lowest BCUT2D eigenvalue weighted by Gasteiger charge is -2.34. The topological polar surface area (TPSA) is 52.7 Å². The zero-order valence-corrected chi connectivity index (χ0v) is 14.7. The Bertz CT molecular complexity index is 748. The van der Waals surface area contributed by atoms with E-state index in [2.05, 4.69) is 5.32 Å². The van der Waals surface area contributed by atoms with Gasteiger partial charge in [0.2, 0.25) is 0 Å². The van der Waals surface area contributed by atoms with Crippen molar-refractivity contribution in [1.29, 1.82) is 0 Å². The second kappa shape index (κ2) is 7.05. The number of nitrogens with zero attached hydrogens (tertiary/aromatic N) is 2. The highest BCUT2D eigenvalue weighted by Crippen LogP contribution is 2.17. The van der Waals surface area contributed by atoms with Gasteiger partial charge in [-0.1, -0.05) is 12.1 Å². The van der Waals surface area contributed by atoms with Gasteiger partial charge in [0.25, 0.3) is 5.91 Å². The van der Waals surface area contributed by atoms with Gasteiger partial charge in [0.05, 0.1) is 5.56 Å². The van der Waals surface area contributed by atoms with Gasteiger partial charge >= 0.3 is 6.03 Å². The first-order valence-electron chi connectivity index (χ1n) is 7.99. The second-order valence-electron chi connectivity index (χ2n) is 6.05. The fourth-order valence-corrected chi connectivity index (χ4v) is 3.61. The van der Waals surface area contributed by atoms with E-state index < -0.39 is 0 Å². The molecular weight excluding hydrogens is 322 g/mol. The Hall–Kier alpha value is -2.34. The first-order chi connectivity index (χ1) is 11.5. The number of benzene rings is 1. The third-order valence-corrected chi connectivity index (χ3v) is 5.07. The molecule has 0 atom stereocenters. The van der Waals surface area contributed by atoms with Gasteiger partial charge < -0.3 is 15.1 Å². The van der Waals surface area contributed by atoms with E-state index in [4.69, 9.17) is 0 Å². The Balaban J connectivity index is 1.56. The van der Waals surface area contributed by atoms with Crippen LogP contribution >= 0.6 is 11.3 Å². The fraction of sp³-hybridized carbons (Fsp3) is 0.333. The number of nitrogens with one attached hydrogen (secondary N) is 1. The van der Waals surface area contributed by atoms with Gasteiger partial charge in [0.1, 0.15) is 0 Å². The van der Waals surface area contributed by atoms with Gasteiger partial charge in [0, 0.05) is 37.2 Å². The second-order valence-corrected chi connectivity index (χ2v) is 6.79. The van der Waals surface area contributed by atoms with Crippen molar-refractivity contribution in [2.24, 2.45) is 0 Å². The number of thiophene rings is 1. The molecule has 0 saturated carbocycles. The molecule has 1 fully saturated rings.